The molecule has 0 amide bonds. The molecule has 0 saturated carbocycles. The molecule has 0 aliphatic rings. The van der Waals surface area contributed by atoms with Gasteiger partial charge in [-0.3, -0.25) is 14.8 Å². The van der Waals surface area contributed by atoms with Gasteiger partial charge in [0, 0.05) is 13.6 Å². The second-order valence-corrected chi connectivity index (χ2v) is 4.18. The van der Waals surface area contributed by atoms with Crippen molar-refractivity contribution in [3.05, 3.63) is 17.5 Å². The molecular formula is C10H17N3O2. The highest BCUT2D eigenvalue weighted by Gasteiger charge is 2.26. The fraction of sp³-hybridized carbons (Fsp3) is 0.600. The summed E-state index contributed by atoms with van der Waals surface area (Å²) < 4.78 is 1.75. The third-order valence-electron chi connectivity index (χ3n) is 2.35. The average Bonchev–Trinajstić information content (AvgIpc) is 2.41. The summed E-state index contributed by atoms with van der Waals surface area (Å²) in [6.45, 7) is 5.68. The van der Waals surface area contributed by atoms with Gasteiger partial charge in [0.2, 0.25) is 0 Å². The molecule has 1 aromatic rings. The smallest absolute Gasteiger partial charge is 0.323 e. The number of aromatic nitrogens is 2. The van der Waals surface area contributed by atoms with E-state index in [9.17, 15) is 4.79 Å². The van der Waals surface area contributed by atoms with Crippen LogP contribution < -0.4 is 5.32 Å². The van der Waals surface area contributed by atoms with Crippen molar-refractivity contribution < 1.29 is 9.90 Å². The van der Waals surface area contributed by atoms with Gasteiger partial charge in [-0.05, 0) is 26.8 Å². The Bertz CT molecular complexity index is 369. The molecular weight excluding hydrogens is 194 g/mol. The van der Waals surface area contributed by atoms with Gasteiger partial charge in [-0.15, -0.1) is 0 Å². The van der Waals surface area contributed by atoms with Gasteiger partial charge >= 0.3 is 5.97 Å². The summed E-state index contributed by atoms with van der Waals surface area (Å²) in [6, 6.07) is 1.94. The minimum Gasteiger partial charge on any atom is -0.480 e. The monoisotopic (exact) mass is 211 g/mol. The van der Waals surface area contributed by atoms with Crippen molar-refractivity contribution in [2.24, 2.45) is 7.05 Å². The first-order chi connectivity index (χ1) is 6.83. The van der Waals surface area contributed by atoms with E-state index in [4.69, 9.17) is 5.11 Å². The maximum atomic E-state index is 10.8. The lowest BCUT2D eigenvalue weighted by molar-refractivity contribution is -0.143. The highest BCUT2D eigenvalue weighted by atomic mass is 16.4. The van der Waals surface area contributed by atoms with E-state index in [1.165, 1.54) is 0 Å². The predicted molar refractivity (Wildman–Crippen MR) is 56.5 cm³/mol. The van der Waals surface area contributed by atoms with Crippen molar-refractivity contribution in [3.63, 3.8) is 0 Å². The Morgan fingerprint density at radius 1 is 1.67 bits per heavy atom. The van der Waals surface area contributed by atoms with Gasteiger partial charge in [0.15, 0.2) is 0 Å². The molecule has 0 fully saturated rings. The Hall–Kier alpha value is -1.36. The van der Waals surface area contributed by atoms with Gasteiger partial charge < -0.3 is 5.11 Å². The molecule has 5 nitrogen and oxygen atoms in total. The van der Waals surface area contributed by atoms with Crippen LogP contribution in [0.2, 0.25) is 0 Å². The van der Waals surface area contributed by atoms with Gasteiger partial charge in [-0.1, -0.05) is 0 Å². The van der Waals surface area contributed by atoms with Crippen LogP contribution in [0.5, 0.6) is 0 Å². The van der Waals surface area contributed by atoms with E-state index in [1.807, 2.05) is 20.0 Å². The maximum absolute atomic E-state index is 10.8. The lowest BCUT2D eigenvalue weighted by atomic mass is 10.1. The van der Waals surface area contributed by atoms with E-state index in [-0.39, 0.29) is 0 Å². The third-order valence-corrected chi connectivity index (χ3v) is 2.35. The third kappa shape index (κ3) is 2.79. The first-order valence-corrected chi connectivity index (χ1v) is 4.81. The first kappa shape index (κ1) is 11.7. The molecule has 0 aliphatic heterocycles. The Morgan fingerprint density at radius 2 is 2.27 bits per heavy atom. The molecule has 0 unspecified atom stereocenters. The molecule has 5 heteroatoms. The molecule has 0 bridgehead atoms. The van der Waals surface area contributed by atoms with Crippen molar-refractivity contribution in [2.45, 2.75) is 32.9 Å². The van der Waals surface area contributed by atoms with E-state index in [2.05, 4.69) is 10.4 Å². The zero-order chi connectivity index (χ0) is 11.6. The largest absolute Gasteiger partial charge is 0.480 e. The number of aryl methyl sites for hydroxylation is 2. The summed E-state index contributed by atoms with van der Waals surface area (Å²) in [5.41, 5.74) is 0.988. The zero-order valence-electron chi connectivity index (χ0n) is 9.53. The highest BCUT2D eigenvalue weighted by Crippen LogP contribution is 2.06. The summed E-state index contributed by atoms with van der Waals surface area (Å²) in [7, 11) is 1.85. The van der Waals surface area contributed by atoms with Crippen LogP contribution in [0, 0.1) is 6.92 Å². The van der Waals surface area contributed by atoms with Gasteiger partial charge in [0.25, 0.3) is 0 Å². The number of aliphatic carboxylic acids is 1. The molecule has 1 aromatic heterocycles. The minimum absolute atomic E-state index is 0.497. The fourth-order valence-electron chi connectivity index (χ4n) is 1.22. The van der Waals surface area contributed by atoms with E-state index >= 15 is 0 Å². The van der Waals surface area contributed by atoms with Crippen LogP contribution in [0.3, 0.4) is 0 Å². The molecule has 0 saturated heterocycles. The molecule has 84 valence electrons. The van der Waals surface area contributed by atoms with E-state index in [0.717, 1.165) is 11.4 Å². The number of rotatable bonds is 4. The van der Waals surface area contributed by atoms with Gasteiger partial charge in [0.05, 0.1) is 11.4 Å². The van der Waals surface area contributed by atoms with Crippen molar-refractivity contribution in [3.8, 4) is 0 Å². The van der Waals surface area contributed by atoms with E-state index in [0.29, 0.717) is 6.54 Å². The normalized spacial score (nSPS) is 11.7. The number of nitrogens with one attached hydrogen (secondary N) is 1. The highest BCUT2D eigenvalue weighted by molar-refractivity contribution is 5.77. The molecule has 0 radical (unpaired) electrons. The van der Waals surface area contributed by atoms with Gasteiger partial charge in [-0.25, -0.2) is 0 Å². The van der Waals surface area contributed by atoms with Crippen molar-refractivity contribution >= 4 is 5.97 Å². The average molecular weight is 211 g/mol. The fourth-order valence-corrected chi connectivity index (χ4v) is 1.22. The lowest BCUT2D eigenvalue weighted by Crippen LogP contribution is -2.46. The summed E-state index contributed by atoms with van der Waals surface area (Å²) in [5, 5.41) is 16.1. The number of carboxylic acids is 1. The van der Waals surface area contributed by atoms with E-state index < -0.39 is 11.5 Å². The SMILES string of the molecule is Cc1cc(CNC(C)(C)C(=O)O)n(C)n1. The molecule has 0 aromatic carbocycles. The standard InChI is InChI=1S/C10H17N3O2/c1-7-5-8(13(4)12-7)6-11-10(2,3)9(14)15/h5,11H,6H2,1-4H3,(H,14,15). The number of carbonyl (C=O) groups is 1. The molecule has 2 N–H and O–H groups in total. The topological polar surface area (TPSA) is 67.2 Å². The Labute approximate surface area is 89.1 Å². The van der Waals surface area contributed by atoms with Gasteiger partial charge in [0.1, 0.15) is 5.54 Å². The van der Waals surface area contributed by atoms with Gasteiger partial charge in [-0.2, -0.15) is 5.10 Å². The molecule has 1 heterocycles. The Morgan fingerprint density at radius 3 is 2.67 bits per heavy atom. The van der Waals surface area contributed by atoms with Crippen molar-refractivity contribution in [2.75, 3.05) is 0 Å². The zero-order valence-corrected chi connectivity index (χ0v) is 9.53. The molecule has 0 spiro atoms. The molecule has 1 rings (SSSR count). The quantitative estimate of drug-likeness (QED) is 0.768. The summed E-state index contributed by atoms with van der Waals surface area (Å²) in [5.74, 6) is -0.860. The molecule has 15 heavy (non-hydrogen) atoms. The second-order valence-electron chi connectivity index (χ2n) is 4.18. The number of nitrogens with zero attached hydrogens (tertiary/aromatic N) is 2. The van der Waals surface area contributed by atoms with Crippen LogP contribution in [-0.2, 0) is 18.4 Å². The predicted octanol–water partition coefficient (Wildman–Crippen LogP) is 0.681. The maximum Gasteiger partial charge on any atom is 0.323 e. The number of carboxylic acid groups (broad SMARTS) is 1. The van der Waals surface area contributed by atoms with Crippen LogP contribution in [0.15, 0.2) is 6.07 Å². The van der Waals surface area contributed by atoms with Crippen molar-refractivity contribution in [1.29, 1.82) is 0 Å². The van der Waals surface area contributed by atoms with Crippen LogP contribution in [0.1, 0.15) is 25.2 Å². The lowest BCUT2D eigenvalue weighted by Gasteiger charge is -2.20. The summed E-state index contributed by atoms with van der Waals surface area (Å²) in [6.07, 6.45) is 0. The molecule has 0 atom stereocenters. The Balaban J connectivity index is 2.65. The van der Waals surface area contributed by atoms with Crippen LogP contribution >= 0.6 is 0 Å². The number of hydrogen-bond acceptors (Lipinski definition) is 3. The first-order valence-electron chi connectivity index (χ1n) is 4.81. The van der Waals surface area contributed by atoms with Crippen LogP contribution in [0.4, 0.5) is 0 Å². The van der Waals surface area contributed by atoms with Crippen LogP contribution in [0.25, 0.3) is 0 Å². The second kappa shape index (κ2) is 4.02. The number of hydrogen-bond donors (Lipinski definition) is 2. The Kier molecular flexibility index (Phi) is 3.14. The minimum atomic E-state index is -0.918. The summed E-state index contributed by atoms with van der Waals surface area (Å²) >= 11 is 0. The van der Waals surface area contributed by atoms with Crippen molar-refractivity contribution in [1.82, 2.24) is 15.1 Å². The molecule has 0 aliphatic carbocycles. The summed E-state index contributed by atoms with van der Waals surface area (Å²) in [4.78, 5) is 10.8. The van der Waals surface area contributed by atoms with Crippen LogP contribution in [-0.4, -0.2) is 26.4 Å². The van der Waals surface area contributed by atoms with E-state index in [1.54, 1.807) is 18.5 Å².